The first-order valence-electron chi connectivity index (χ1n) is 6.99. The third-order valence-electron chi connectivity index (χ3n) is 3.80. The largest absolute Gasteiger partial charge is 0.480 e. The lowest BCUT2D eigenvalue weighted by Crippen LogP contribution is -2.44. The highest BCUT2D eigenvalue weighted by atomic mass is 32.2. The normalized spacial score (nSPS) is 24.2. The Hall–Kier alpha value is -1.19. The fraction of sp³-hybridized carbons (Fsp3) is 0.833. The van der Waals surface area contributed by atoms with Crippen LogP contribution >= 0.6 is 0 Å². The zero-order chi connectivity index (χ0) is 15.5. The molecule has 8 nitrogen and oxygen atoms in total. The Morgan fingerprint density at radius 3 is 2.48 bits per heavy atom. The number of carboxylic acids is 1. The molecule has 1 amide bonds. The van der Waals surface area contributed by atoms with Gasteiger partial charge < -0.3 is 14.7 Å². The second-order valence-electron chi connectivity index (χ2n) is 5.16. The number of morpholine rings is 1. The Morgan fingerprint density at radius 1 is 1.19 bits per heavy atom. The first-order chi connectivity index (χ1) is 9.92. The van der Waals surface area contributed by atoms with Gasteiger partial charge in [-0.05, 0) is 12.8 Å². The first kappa shape index (κ1) is 16.2. The standard InChI is InChI=1S/C12H20N2O6S/c15-11(14-4-1-2-10(14)12(16)17)3-9-21(18,19)13-5-7-20-8-6-13/h10H,1-9H2,(H,16,17)/t10-/m1/s1. The van der Waals surface area contributed by atoms with E-state index in [4.69, 9.17) is 9.84 Å². The monoisotopic (exact) mass is 320 g/mol. The second kappa shape index (κ2) is 6.71. The van der Waals surface area contributed by atoms with Crippen molar-refractivity contribution in [3.05, 3.63) is 0 Å². The molecule has 0 radical (unpaired) electrons. The minimum atomic E-state index is -3.49. The Bertz CT molecular complexity index is 500. The third-order valence-corrected chi connectivity index (χ3v) is 5.67. The van der Waals surface area contributed by atoms with Crippen molar-refractivity contribution in [2.24, 2.45) is 0 Å². The molecule has 1 atom stereocenters. The summed E-state index contributed by atoms with van der Waals surface area (Å²) in [5.74, 6) is -1.72. The van der Waals surface area contributed by atoms with Crippen LogP contribution in [0.2, 0.25) is 0 Å². The maximum absolute atomic E-state index is 12.1. The first-order valence-corrected chi connectivity index (χ1v) is 8.60. The number of carboxylic acid groups (broad SMARTS) is 1. The molecule has 0 aromatic heterocycles. The third kappa shape index (κ3) is 3.92. The van der Waals surface area contributed by atoms with Crippen LogP contribution in [0.4, 0.5) is 0 Å². The van der Waals surface area contributed by atoms with Gasteiger partial charge in [0.25, 0.3) is 0 Å². The molecule has 1 N–H and O–H groups in total. The van der Waals surface area contributed by atoms with Gasteiger partial charge in [-0.2, -0.15) is 4.31 Å². The van der Waals surface area contributed by atoms with E-state index < -0.39 is 27.9 Å². The number of amides is 1. The van der Waals surface area contributed by atoms with Crippen LogP contribution < -0.4 is 0 Å². The lowest BCUT2D eigenvalue weighted by atomic mass is 10.2. The minimum Gasteiger partial charge on any atom is -0.480 e. The quantitative estimate of drug-likeness (QED) is 0.705. The predicted octanol–water partition coefficient (Wildman–Crippen LogP) is -0.886. The number of likely N-dealkylation sites (tertiary alicyclic amines) is 1. The summed E-state index contributed by atoms with van der Waals surface area (Å²) in [7, 11) is -3.49. The molecule has 2 aliphatic heterocycles. The van der Waals surface area contributed by atoms with E-state index in [0.29, 0.717) is 45.7 Å². The van der Waals surface area contributed by atoms with Gasteiger partial charge in [-0.25, -0.2) is 13.2 Å². The minimum absolute atomic E-state index is 0.177. The van der Waals surface area contributed by atoms with Crippen LogP contribution in [0.1, 0.15) is 19.3 Å². The highest BCUT2D eigenvalue weighted by molar-refractivity contribution is 7.89. The average molecular weight is 320 g/mol. The Morgan fingerprint density at radius 2 is 1.86 bits per heavy atom. The van der Waals surface area contributed by atoms with Crippen LogP contribution in [0.3, 0.4) is 0 Å². The van der Waals surface area contributed by atoms with Crippen LogP contribution in [0.15, 0.2) is 0 Å². The summed E-state index contributed by atoms with van der Waals surface area (Å²) >= 11 is 0. The van der Waals surface area contributed by atoms with E-state index in [1.54, 1.807) is 0 Å². The summed E-state index contributed by atoms with van der Waals surface area (Å²) in [6.07, 6.45) is 0.889. The number of nitrogens with zero attached hydrogens (tertiary/aromatic N) is 2. The average Bonchev–Trinajstić information content (AvgIpc) is 2.95. The van der Waals surface area contributed by atoms with Crippen LogP contribution in [-0.2, 0) is 24.3 Å². The molecule has 2 heterocycles. The van der Waals surface area contributed by atoms with Gasteiger partial charge in [-0.1, -0.05) is 0 Å². The molecule has 0 unspecified atom stereocenters. The molecule has 2 saturated heterocycles. The van der Waals surface area contributed by atoms with Crippen molar-refractivity contribution in [1.29, 1.82) is 0 Å². The van der Waals surface area contributed by atoms with Crippen LogP contribution in [0.5, 0.6) is 0 Å². The van der Waals surface area contributed by atoms with E-state index >= 15 is 0 Å². The molecule has 0 aromatic carbocycles. The Kier molecular flexibility index (Phi) is 5.17. The van der Waals surface area contributed by atoms with Gasteiger partial charge in [-0.3, -0.25) is 4.79 Å². The molecule has 2 fully saturated rings. The number of carbonyl (C=O) groups is 2. The number of sulfonamides is 1. The molecule has 120 valence electrons. The molecule has 0 bridgehead atoms. The van der Waals surface area contributed by atoms with Gasteiger partial charge in [0, 0.05) is 26.1 Å². The number of hydrogen-bond acceptors (Lipinski definition) is 5. The highest BCUT2D eigenvalue weighted by Crippen LogP contribution is 2.19. The van der Waals surface area contributed by atoms with Gasteiger partial charge in [0.2, 0.25) is 15.9 Å². The fourth-order valence-corrected chi connectivity index (χ4v) is 4.03. The number of ether oxygens (including phenoxy) is 1. The molecule has 0 aliphatic carbocycles. The molecule has 2 aliphatic rings. The lowest BCUT2D eigenvalue weighted by Gasteiger charge is -2.26. The zero-order valence-electron chi connectivity index (χ0n) is 11.7. The Balaban J connectivity index is 1.89. The second-order valence-corrected chi connectivity index (χ2v) is 7.25. The molecule has 9 heteroatoms. The SMILES string of the molecule is O=C(O)[C@H]1CCCN1C(=O)CCS(=O)(=O)N1CCOCC1. The van der Waals surface area contributed by atoms with Crippen molar-refractivity contribution in [2.75, 3.05) is 38.6 Å². The highest BCUT2D eigenvalue weighted by Gasteiger charge is 2.34. The summed E-state index contributed by atoms with van der Waals surface area (Å²) in [4.78, 5) is 24.4. The topological polar surface area (TPSA) is 104 Å². The van der Waals surface area contributed by atoms with E-state index in [1.165, 1.54) is 9.21 Å². The van der Waals surface area contributed by atoms with Crippen LogP contribution in [0, 0.1) is 0 Å². The van der Waals surface area contributed by atoms with Gasteiger partial charge in [0.05, 0.1) is 19.0 Å². The summed E-state index contributed by atoms with van der Waals surface area (Å²) < 4.78 is 30.6. The van der Waals surface area contributed by atoms with Gasteiger partial charge >= 0.3 is 5.97 Å². The lowest BCUT2D eigenvalue weighted by molar-refractivity contribution is -0.148. The summed E-state index contributed by atoms with van der Waals surface area (Å²) in [5, 5.41) is 9.03. The van der Waals surface area contributed by atoms with E-state index in [1.807, 2.05) is 0 Å². The van der Waals surface area contributed by atoms with Crippen LogP contribution in [-0.4, -0.2) is 79.2 Å². The predicted molar refractivity (Wildman–Crippen MR) is 73.2 cm³/mol. The summed E-state index contributed by atoms with van der Waals surface area (Å²) in [5.41, 5.74) is 0. The fourth-order valence-electron chi connectivity index (χ4n) is 2.64. The maximum atomic E-state index is 12.1. The molecule has 0 spiro atoms. The van der Waals surface area contributed by atoms with Crippen molar-refractivity contribution in [1.82, 2.24) is 9.21 Å². The van der Waals surface area contributed by atoms with Crippen molar-refractivity contribution >= 4 is 21.9 Å². The molecule has 0 aromatic rings. The summed E-state index contributed by atoms with van der Waals surface area (Å²) in [6.45, 7) is 1.71. The number of hydrogen-bond donors (Lipinski definition) is 1. The van der Waals surface area contributed by atoms with E-state index in [-0.39, 0.29) is 12.2 Å². The van der Waals surface area contributed by atoms with Crippen molar-refractivity contribution < 1.29 is 27.9 Å². The number of aliphatic carboxylic acids is 1. The van der Waals surface area contributed by atoms with Crippen molar-refractivity contribution in [2.45, 2.75) is 25.3 Å². The van der Waals surface area contributed by atoms with E-state index in [9.17, 15) is 18.0 Å². The molecular weight excluding hydrogens is 300 g/mol. The zero-order valence-corrected chi connectivity index (χ0v) is 12.5. The molecule has 0 saturated carbocycles. The smallest absolute Gasteiger partial charge is 0.326 e. The van der Waals surface area contributed by atoms with Crippen LogP contribution in [0.25, 0.3) is 0 Å². The van der Waals surface area contributed by atoms with Crippen molar-refractivity contribution in [3.8, 4) is 0 Å². The number of carbonyl (C=O) groups excluding carboxylic acids is 1. The van der Waals surface area contributed by atoms with Crippen molar-refractivity contribution in [3.63, 3.8) is 0 Å². The molecule has 2 rings (SSSR count). The van der Waals surface area contributed by atoms with E-state index in [0.717, 1.165) is 0 Å². The van der Waals surface area contributed by atoms with Gasteiger partial charge in [-0.15, -0.1) is 0 Å². The molecular formula is C12H20N2O6S. The summed E-state index contributed by atoms with van der Waals surface area (Å²) in [6, 6.07) is -0.816. The Labute approximate surface area is 123 Å². The maximum Gasteiger partial charge on any atom is 0.326 e. The number of rotatable bonds is 5. The van der Waals surface area contributed by atoms with Gasteiger partial charge in [0.1, 0.15) is 6.04 Å². The molecule has 21 heavy (non-hydrogen) atoms. The van der Waals surface area contributed by atoms with Gasteiger partial charge in [0.15, 0.2) is 0 Å². The van der Waals surface area contributed by atoms with E-state index in [2.05, 4.69) is 0 Å².